The molecule has 0 spiro atoms. The van der Waals surface area contributed by atoms with Gasteiger partial charge in [0.1, 0.15) is 4.83 Å². The molecule has 0 heterocycles. The number of hydrogen-bond donors (Lipinski definition) is 1. The van der Waals surface area contributed by atoms with Gasteiger partial charge in [-0.15, -0.1) is 6.58 Å². The first-order chi connectivity index (χ1) is 4.18. The van der Waals surface area contributed by atoms with Crippen molar-refractivity contribution in [3.05, 3.63) is 12.7 Å². The molecule has 0 aromatic carbocycles. The highest BCUT2D eigenvalue weighted by atomic mass is 79.9. The highest BCUT2D eigenvalue weighted by molar-refractivity contribution is 9.10. The maximum atomic E-state index is 10.1. The molecule has 0 saturated heterocycles. The van der Waals surface area contributed by atoms with Crippen LogP contribution in [-0.4, -0.2) is 15.9 Å². The average Bonchev–Trinajstić information content (AvgIpc) is 1.82. The Kier molecular flexibility index (Phi) is 4.40. The number of carboxylic acid groups (broad SMARTS) is 1. The first kappa shape index (κ1) is 8.69. The largest absolute Gasteiger partial charge is 0.480 e. The van der Waals surface area contributed by atoms with E-state index in [0.29, 0.717) is 6.42 Å². The minimum absolute atomic E-state index is 0.421. The van der Waals surface area contributed by atoms with Crippen LogP contribution >= 0.6 is 15.9 Å². The van der Waals surface area contributed by atoms with Crippen LogP contribution in [0.1, 0.15) is 12.8 Å². The summed E-state index contributed by atoms with van der Waals surface area (Å²) in [5.41, 5.74) is 0. The van der Waals surface area contributed by atoms with Crippen LogP contribution in [0.2, 0.25) is 0 Å². The molecule has 1 unspecified atom stereocenters. The Labute approximate surface area is 62.7 Å². The Bertz CT molecular complexity index is 112. The Morgan fingerprint density at radius 1 is 1.89 bits per heavy atom. The van der Waals surface area contributed by atoms with Crippen LogP contribution in [0.4, 0.5) is 0 Å². The van der Waals surface area contributed by atoms with Crippen molar-refractivity contribution in [2.45, 2.75) is 17.7 Å². The lowest BCUT2D eigenvalue weighted by Gasteiger charge is -1.98. The molecule has 0 aliphatic carbocycles. The van der Waals surface area contributed by atoms with Gasteiger partial charge in [-0.05, 0) is 12.8 Å². The second-order valence-corrected chi connectivity index (χ2v) is 2.78. The van der Waals surface area contributed by atoms with Gasteiger partial charge in [0.05, 0.1) is 0 Å². The number of allylic oxidation sites excluding steroid dienone is 1. The zero-order valence-electron chi connectivity index (χ0n) is 5.01. The van der Waals surface area contributed by atoms with Crippen molar-refractivity contribution < 1.29 is 9.90 Å². The molecule has 3 heteroatoms. The number of carbonyl (C=O) groups is 1. The number of aliphatic carboxylic acids is 1. The lowest BCUT2D eigenvalue weighted by atomic mass is 10.2. The summed E-state index contributed by atoms with van der Waals surface area (Å²) < 4.78 is 0. The highest BCUT2D eigenvalue weighted by Gasteiger charge is 2.10. The van der Waals surface area contributed by atoms with Gasteiger partial charge in [-0.25, -0.2) is 0 Å². The smallest absolute Gasteiger partial charge is 0.317 e. The summed E-state index contributed by atoms with van der Waals surface area (Å²) >= 11 is 3.00. The van der Waals surface area contributed by atoms with Gasteiger partial charge in [-0.2, -0.15) is 0 Å². The fourth-order valence-electron chi connectivity index (χ4n) is 0.388. The van der Waals surface area contributed by atoms with E-state index in [1.54, 1.807) is 6.08 Å². The number of halogens is 1. The fraction of sp³-hybridized carbons (Fsp3) is 0.500. The molecule has 2 nitrogen and oxygen atoms in total. The summed E-state index contributed by atoms with van der Waals surface area (Å²) in [6.07, 6.45) is 3.05. The van der Waals surface area contributed by atoms with Gasteiger partial charge >= 0.3 is 5.97 Å². The molecule has 0 amide bonds. The van der Waals surface area contributed by atoms with Crippen molar-refractivity contribution in [1.82, 2.24) is 0 Å². The summed E-state index contributed by atoms with van der Waals surface area (Å²) in [7, 11) is 0. The molecule has 0 aromatic heterocycles. The first-order valence-electron chi connectivity index (χ1n) is 2.66. The number of alkyl halides is 1. The summed E-state index contributed by atoms with van der Waals surface area (Å²) in [6, 6.07) is 0. The summed E-state index contributed by atoms with van der Waals surface area (Å²) in [5, 5.41) is 8.33. The number of rotatable bonds is 4. The zero-order valence-corrected chi connectivity index (χ0v) is 6.60. The van der Waals surface area contributed by atoms with Crippen LogP contribution in [0, 0.1) is 0 Å². The standard InChI is InChI=1S/C6H9BrO2/c1-2-3-4-5(7)6(8)9/h2,5H,1,3-4H2,(H,8,9). The van der Waals surface area contributed by atoms with E-state index in [9.17, 15) is 4.79 Å². The molecular weight excluding hydrogens is 184 g/mol. The van der Waals surface area contributed by atoms with E-state index in [2.05, 4.69) is 22.5 Å². The molecule has 1 N–H and O–H groups in total. The normalized spacial score (nSPS) is 12.6. The number of hydrogen-bond acceptors (Lipinski definition) is 1. The fourth-order valence-corrected chi connectivity index (χ4v) is 0.652. The van der Waals surface area contributed by atoms with Crippen LogP contribution in [0.15, 0.2) is 12.7 Å². The van der Waals surface area contributed by atoms with Gasteiger partial charge in [-0.1, -0.05) is 22.0 Å². The van der Waals surface area contributed by atoms with Gasteiger partial charge < -0.3 is 5.11 Å². The van der Waals surface area contributed by atoms with Crippen LogP contribution in [0.3, 0.4) is 0 Å². The summed E-state index contributed by atoms with van der Waals surface area (Å²) in [5.74, 6) is -0.808. The summed E-state index contributed by atoms with van der Waals surface area (Å²) in [4.78, 5) is 9.70. The predicted octanol–water partition coefficient (Wildman–Crippen LogP) is 1.80. The SMILES string of the molecule is C=CCCC(Br)C(=O)O. The third-order valence-corrected chi connectivity index (χ3v) is 1.74. The van der Waals surface area contributed by atoms with Gasteiger partial charge in [0.25, 0.3) is 0 Å². The van der Waals surface area contributed by atoms with Crippen molar-refractivity contribution >= 4 is 21.9 Å². The Morgan fingerprint density at radius 3 is 2.78 bits per heavy atom. The van der Waals surface area contributed by atoms with Crippen LogP contribution in [-0.2, 0) is 4.79 Å². The maximum Gasteiger partial charge on any atom is 0.317 e. The minimum atomic E-state index is -0.808. The molecule has 1 atom stereocenters. The van der Waals surface area contributed by atoms with Crippen molar-refractivity contribution in [2.75, 3.05) is 0 Å². The lowest BCUT2D eigenvalue weighted by Crippen LogP contribution is -2.11. The third kappa shape index (κ3) is 4.21. The van der Waals surface area contributed by atoms with E-state index in [4.69, 9.17) is 5.11 Å². The van der Waals surface area contributed by atoms with Crippen LogP contribution in [0.5, 0.6) is 0 Å². The van der Waals surface area contributed by atoms with Crippen molar-refractivity contribution in [1.29, 1.82) is 0 Å². The van der Waals surface area contributed by atoms with E-state index in [0.717, 1.165) is 6.42 Å². The van der Waals surface area contributed by atoms with Gasteiger partial charge in [0.15, 0.2) is 0 Å². The molecule has 0 aromatic rings. The van der Waals surface area contributed by atoms with Gasteiger partial charge in [0, 0.05) is 0 Å². The van der Waals surface area contributed by atoms with Gasteiger partial charge in [0.2, 0.25) is 0 Å². The second kappa shape index (κ2) is 4.56. The van der Waals surface area contributed by atoms with E-state index in [-0.39, 0.29) is 0 Å². The van der Waals surface area contributed by atoms with E-state index < -0.39 is 10.8 Å². The molecular formula is C6H9BrO2. The zero-order chi connectivity index (χ0) is 7.28. The van der Waals surface area contributed by atoms with Crippen molar-refractivity contribution in [3.8, 4) is 0 Å². The van der Waals surface area contributed by atoms with Crippen LogP contribution in [0.25, 0.3) is 0 Å². The monoisotopic (exact) mass is 192 g/mol. The quantitative estimate of drug-likeness (QED) is 0.545. The van der Waals surface area contributed by atoms with E-state index in [1.165, 1.54) is 0 Å². The molecule has 0 bridgehead atoms. The second-order valence-electron chi connectivity index (χ2n) is 1.67. The predicted molar refractivity (Wildman–Crippen MR) is 39.8 cm³/mol. The number of carboxylic acids is 1. The molecule has 0 aliphatic heterocycles. The molecule has 9 heavy (non-hydrogen) atoms. The Hall–Kier alpha value is -0.310. The molecule has 0 saturated carbocycles. The van der Waals surface area contributed by atoms with Crippen molar-refractivity contribution in [3.63, 3.8) is 0 Å². The average molecular weight is 193 g/mol. The van der Waals surface area contributed by atoms with Crippen molar-refractivity contribution in [2.24, 2.45) is 0 Å². The van der Waals surface area contributed by atoms with Gasteiger partial charge in [-0.3, -0.25) is 4.79 Å². The third-order valence-electron chi connectivity index (χ3n) is 0.892. The topological polar surface area (TPSA) is 37.3 Å². The molecule has 0 rings (SSSR count). The van der Waals surface area contributed by atoms with Crippen LogP contribution < -0.4 is 0 Å². The molecule has 0 radical (unpaired) electrons. The Balaban J connectivity index is 3.37. The maximum absolute atomic E-state index is 10.1. The minimum Gasteiger partial charge on any atom is -0.480 e. The first-order valence-corrected chi connectivity index (χ1v) is 3.58. The lowest BCUT2D eigenvalue weighted by molar-refractivity contribution is -0.136. The summed E-state index contributed by atoms with van der Waals surface area (Å²) in [6.45, 7) is 3.48. The Morgan fingerprint density at radius 2 is 2.44 bits per heavy atom. The highest BCUT2D eigenvalue weighted by Crippen LogP contribution is 2.07. The molecule has 52 valence electrons. The van der Waals surface area contributed by atoms with E-state index in [1.807, 2.05) is 0 Å². The molecule has 0 fully saturated rings. The van der Waals surface area contributed by atoms with E-state index >= 15 is 0 Å². The molecule has 0 aliphatic rings.